The molecular formula is C13H16FNO3. The van der Waals surface area contributed by atoms with Crippen LogP contribution in [0.2, 0.25) is 0 Å². The number of carbonyl (C=O) groups is 1. The summed E-state index contributed by atoms with van der Waals surface area (Å²) in [5, 5.41) is 17.6. The number of amides is 1. The number of rotatable bonds is 6. The van der Waals surface area contributed by atoms with E-state index in [2.05, 4.69) is 0 Å². The summed E-state index contributed by atoms with van der Waals surface area (Å²) in [4.78, 5) is 13.0. The Morgan fingerprint density at radius 2 is 1.83 bits per heavy atom. The Labute approximate surface area is 105 Å². The van der Waals surface area contributed by atoms with Gasteiger partial charge < -0.3 is 15.1 Å². The molecule has 0 aliphatic rings. The van der Waals surface area contributed by atoms with Gasteiger partial charge in [-0.1, -0.05) is 18.2 Å². The lowest BCUT2D eigenvalue weighted by Gasteiger charge is -2.18. The van der Waals surface area contributed by atoms with Crippen molar-refractivity contribution < 1.29 is 19.4 Å². The van der Waals surface area contributed by atoms with Crippen molar-refractivity contribution in [3.05, 3.63) is 41.7 Å². The zero-order chi connectivity index (χ0) is 13.4. The number of hydrogen-bond donors (Lipinski definition) is 2. The summed E-state index contributed by atoms with van der Waals surface area (Å²) >= 11 is 0. The average molecular weight is 253 g/mol. The molecule has 0 aliphatic heterocycles. The summed E-state index contributed by atoms with van der Waals surface area (Å²) in [7, 11) is 0. The third-order valence-electron chi connectivity index (χ3n) is 2.36. The van der Waals surface area contributed by atoms with Crippen LogP contribution in [-0.2, 0) is 4.79 Å². The molecule has 1 rings (SSSR count). The average Bonchev–Trinajstić information content (AvgIpc) is 2.37. The lowest BCUT2D eigenvalue weighted by molar-refractivity contribution is -0.126. The van der Waals surface area contributed by atoms with Crippen molar-refractivity contribution in [2.75, 3.05) is 26.3 Å². The molecule has 0 fully saturated rings. The molecule has 0 atom stereocenters. The largest absolute Gasteiger partial charge is 0.395 e. The van der Waals surface area contributed by atoms with Gasteiger partial charge in [0.05, 0.1) is 13.2 Å². The normalized spacial score (nSPS) is 10.8. The monoisotopic (exact) mass is 253 g/mol. The molecule has 0 unspecified atom stereocenters. The van der Waals surface area contributed by atoms with Crippen LogP contribution in [0.5, 0.6) is 0 Å². The van der Waals surface area contributed by atoms with E-state index in [1.807, 2.05) is 0 Å². The Bertz CT molecular complexity index is 414. The van der Waals surface area contributed by atoms with Crippen LogP contribution in [0.3, 0.4) is 0 Å². The molecule has 0 saturated heterocycles. The van der Waals surface area contributed by atoms with E-state index < -0.39 is 5.82 Å². The number of aliphatic hydroxyl groups is 2. The van der Waals surface area contributed by atoms with Crippen molar-refractivity contribution in [1.82, 2.24) is 4.90 Å². The molecule has 1 aromatic carbocycles. The topological polar surface area (TPSA) is 60.8 Å². The Balaban J connectivity index is 2.70. The van der Waals surface area contributed by atoms with Gasteiger partial charge in [0.15, 0.2) is 0 Å². The first-order valence-electron chi connectivity index (χ1n) is 5.62. The Kier molecular flexibility index (Phi) is 6.04. The van der Waals surface area contributed by atoms with Crippen molar-refractivity contribution in [2.24, 2.45) is 0 Å². The summed E-state index contributed by atoms with van der Waals surface area (Å²) in [5.41, 5.74) is 0.318. The maximum absolute atomic E-state index is 13.3. The number of benzene rings is 1. The summed E-state index contributed by atoms with van der Waals surface area (Å²) in [6.07, 6.45) is 2.60. The van der Waals surface area contributed by atoms with Crippen molar-refractivity contribution in [1.29, 1.82) is 0 Å². The molecule has 4 nitrogen and oxygen atoms in total. The minimum Gasteiger partial charge on any atom is -0.395 e. The number of hydrogen-bond acceptors (Lipinski definition) is 3. The van der Waals surface area contributed by atoms with Gasteiger partial charge in [-0.3, -0.25) is 4.79 Å². The van der Waals surface area contributed by atoms with Crippen LogP contribution < -0.4 is 0 Å². The highest BCUT2D eigenvalue weighted by Crippen LogP contribution is 2.08. The highest BCUT2D eigenvalue weighted by molar-refractivity contribution is 5.91. The van der Waals surface area contributed by atoms with Gasteiger partial charge in [0.25, 0.3) is 0 Å². The number of aliphatic hydroxyl groups excluding tert-OH is 2. The molecule has 0 aliphatic carbocycles. The second-order valence-electron chi connectivity index (χ2n) is 3.63. The van der Waals surface area contributed by atoms with Gasteiger partial charge in [-0.15, -0.1) is 0 Å². The third kappa shape index (κ3) is 4.27. The van der Waals surface area contributed by atoms with Gasteiger partial charge in [0, 0.05) is 24.7 Å². The van der Waals surface area contributed by atoms with Crippen LogP contribution in [0.1, 0.15) is 5.56 Å². The highest BCUT2D eigenvalue weighted by atomic mass is 19.1. The first-order chi connectivity index (χ1) is 8.69. The molecule has 18 heavy (non-hydrogen) atoms. The van der Waals surface area contributed by atoms with E-state index in [4.69, 9.17) is 10.2 Å². The Morgan fingerprint density at radius 1 is 1.22 bits per heavy atom. The zero-order valence-corrected chi connectivity index (χ0v) is 9.92. The maximum atomic E-state index is 13.3. The summed E-state index contributed by atoms with van der Waals surface area (Å²) < 4.78 is 13.3. The second-order valence-corrected chi connectivity index (χ2v) is 3.63. The van der Waals surface area contributed by atoms with Crippen LogP contribution in [0, 0.1) is 5.82 Å². The molecule has 1 amide bonds. The van der Waals surface area contributed by atoms with Crippen LogP contribution >= 0.6 is 0 Å². The van der Waals surface area contributed by atoms with Crippen LogP contribution in [0.15, 0.2) is 30.3 Å². The molecule has 0 radical (unpaired) electrons. The molecule has 0 aromatic heterocycles. The lowest BCUT2D eigenvalue weighted by atomic mass is 10.2. The molecule has 5 heteroatoms. The third-order valence-corrected chi connectivity index (χ3v) is 2.36. The molecule has 98 valence electrons. The predicted octanol–water partition coefficient (Wildman–Crippen LogP) is 0.652. The molecule has 2 N–H and O–H groups in total. The maximum Gasteiger partial charge on any atom is 0.246 e. The van der Waals surface area contributed by atoms with Crippen LogP contribution in [-0.4, -0.2) is 47.3 Å². The van der Waals surface area contributed by atoms with Crippen molar-refractivity contribution in [3.8, 4) is 0 Å². The van der Waals surface area contributed by atoms with Crippen molar-refractivity contribution in [2.45, 2.75) is 0 Å². The van der Waals surface area contributed by atoms with Crippen molar-refractivity contribution in [3.63, 3.8) is 0 Å². The van der Waals surface area contributed by atoms with Gasteiger partial charge in [-0.25, -0.2) is 4.39 Å². The van der Waals surface area contributed by atoms with Gasteiger partial charge >= 0.3 is 0 Å². The van der Waals surface area contributed by atoms with E-state index in [1.54, 1.807) is 18.2 Å². The van der Waals surface area contributed by atoms with E-state index in [0.717, 1.165) is 0 Å². The number of halogens is 1. The second kappa shape index (κ2) is 7.58. The van der Waals surface area contributed by atoms with Gasteiger partial charge in [-0.05, 0) is 12.1 Å². The predicted molar refractivity (Wildman–Crippen MR) is 66.2 cm³/mol. The fraction of sp³-hybridized carbons (Fsp3) is 0.308. The summed E-state index contributed by atoms with van der Waals surface area (Å²) in [6.45, 7) is -0.0828. The molecule has 0 bridgehead atoms. The SMILES string of the molecule is O=C(C=Cc1ccccc1F)N(CCO)CCO. The Hall–Kier alpha value is -1.72. The zero-order valence-electron chi connectivity index (χ0n) is 9.92. The fourth-order valence-corrected chi connectivity index (χ4v) is 1.45. The molecule has 1 aromatic rings. The lowest BCUT2D eigenvalue weighted by Crippen LogP contribution is -2.34. The van der Waals surface area contributed by atoms with Crippen molar-refractivity contribution >= 4 is 12.0 Å². The van der Waals surface area contributed by atoms with E-state index in [1.165, 1.54) is 23.1 Å². The van der Waals surface area contributed by atoms with E-state index in [9.17, 15) is 9.18 Å². The van der Waals surface area contributed by atoms with Crippen LogP contribution in [0.25, 0.3) is 6.08 Å². The number of carbonyl (C=O) groups excluding carboxylic acids is 1. The van der Waals surface area contributed by atoms with E-state index in [-0.39, 0.29) is 32.2 Å². The first kappa shape index (κ1) is 14.3. The standard InChI is InChI=1S/C13H16FNO3/c14-12-4-2-1-3-11(12)5-6-13(18)15(7-9-16)8-10-17/h1-6,16-17H,7-10H2. The smallest absolute Gasteiger partial charge is 0.246 e. The minimum absolute atomic E-state index is 0.140. The minimum atomic E-state index is -0.405. The molecular weight excluding hydrogens is 237 g/mol. The van der Waals surface area contributed by atoms with Crippen LogP contribution in [0.4, 0.5) is 4.39 Å². The molecule has 0 heterocycles. The number of nitrogens with zero attached hydrogens (tertiary/aromatic N) is 1. The summed E-state index contributed by atoms with van der Waals surface area (Å²) in [6, 6.07) is 6.11. The van der Waals surface area contributed by atoms with Gasteiger partial charge in [0.2, 0.25) is 5.91 Å². The molecule has 0 spiro atoms. The quantitative estimate of drug-likeness (QED) is 0.732. The molecule has 0 saturated carbocycles. The summed E-state index contributed by atoms with van der Waals surface area (Å²) in [5.74, 6) is -0.779. The van der Waals surface area contributed by atoms with Gasteiger partial charge in [0.1, 0.15) is 5.82 Å². The van der Waals surface area contributed by atoms with Gasteiger partial charge in [-0.2, -0.15) is 0 Å². The highest BCUT2D eigenvalue weighted by Gasteiger charge is 2.08. The Morgan fingerprint density at radius 3 is 2.39 bits per heavy atom. The van der Waals surface area contributed by atoms with E-state index in [0.29, 0.717) is 5.56 Å². The van der Waals surface area contributed by atoms with E-state index >= 15 is 0 Å². The first-order valence-corrected chi connectivity index (χ1v) is 5.62. The fourth-order valence-electron chi connectivity index (χ4n) is 1.45.